The molecule has 1 atom stereocenters. The van der Waals surface area contributed by atoms with Gasteiger partial charge >= 0.3 is 0 Å². The Bertz CT molecular complexity index is 374. The first-order chi connectivity index (χ1) is 7.68. The predicted molar refractivity (Wildman–Crippen MR) is 68.5 cm³/mol. The van der Waals surface area contributed by atoms with Crippen molar-refractivity contribution in [1.82, 2.24) is 4.90 Å². The summed E-state index contributed by atoms with van der Waals surface area (Å²) in [5.74, 6) is 0.166. The van der Waals surface area contributed by atoms with Crippen LogP contribution in [0, 0.1) is 0 Å². The monoisotopic (exact) mass is 281 g/mol. The molecular formula is C13H16BrNO. The molecule has 86 valence electrons. The Morgan fingerprint density at radius 3 is 2.62 bits per heavy atom. The van der Waals surface area contributed by atoms with Gasteiger partial charge in [-0.25, -0.2) is 0 Å². The molecule has 0 aliphatic carbocycles. The summed E-state index contributed by atoms with van der Waals surface area (Å²) in [6, 6.07) is 7.98. The normalized spacial score (nSPS) is 20.9. The van der Waals surface area contributed by atoms with Crippen LogP contribution in [0.2, 0.25) is 0 Å². The van der Waals surface area contributed by atoms with Crippen LogP contribution in [-0.4, -0.2) is 23.4 Å². The maximum absolute atomic E-state index is 12.2. The lowest BCUT2D eigenvalue weighted by molar-refractivity contribution is 0.0635. The van der Waals surface area contributed by atoms with Gasteiger partial charge in [0.15, 0.2) is 0 Å². The molecule has 0 saturated carbocycles. The van der Waals surface area contributed by atoms with Gasteiger partial charge in [-0.05, 0) is 50.5 Å². The van der Waals surface area contributed by atoms with Crippen molar-refractivity contribution in [2.24, 2.45) is 0 Å². The van der Waals surface area contributed by atoms with Crippen LogP contribution < -0.4 is 0 Å². The first kappa shape index (κ1) is 11.6. The Hall–Kier alpha value is -0.830. The number of piperidine rings is 1. The largest absolute Gasteiger partial charge is 0.336 e. The maximum atomic E-state index is 12.2. The van der Waals surface area contributed by atoms with E-state index in [0.29, 0.717) is 6.04 Å². The fourth-order valence-corrected chi connectivity index (χ4v) is 2.42. The van der Waals surface area contributed by atoms with Gasteiger partial charge in [0.2, 0.25) is 0 Å². The van der Waals surface area contributed by atoms with E-state index in [-0.39, 0.29) is 5.91 Å². The van der Waals surface area contributed by atoms with Gasteiger partial charge in [-0.15, -0.1) is 0 Å². The minimum atomic E-state index is 0.166. The Labute approximate surface area is 105 Å². The summed E-state index contributed by atoms with van der Waals surface area (Å²) in [7, 11) is 0. The van der Waals surface area contributed by atoms with Crippen LogP contribution >= 0.6 is 15.9 Å². The Kier molecular flexibility index (Phi) is 3.64. The van der Waals surface area contributed by atoms with Crippen LogP contribution in [-0.2, 0) is 0 Å². The third-order valence-corrected chi connectivity index (χ3v) is 3.68. The summed E-state index contributed by atoms with van der Waals surface area (Å²) in [6.45, 7) is 3.03. The van der Waals surface area contributed by atoms with E-state index in [0.717, 1.165) is 29.4 Å². The van der Waals surface area contributed by atoms with Crippen molar-refractivity contribution in [2.45, 2.75) is 32.2 Å². The molecule has 1 aromatic carbocycles. The summed E-state index contributed by atoms with van der Waals surface area (Å²) < 4.78 is 1.01. The summed E-state index contributed by atoms with van der Waals surface area (Å²) in [6.07, 6.45) is 3.50. The number of hydrogen-bond acceptors (Lipinski definition) is 1. The lowest BCUT2D eigenvalue weighted by Crippen LogP contribution is -2.41. The number of halogens is 1. The summed E-state index contributed by atoms with van der Waals surface area (Å²) in [4.78, 5) is 14.2. The van der Waals surface area contributed by atoms with E-state index in [2.05, 4.69) is 22.9 Å². The van der Waals surface area contributed by atoms with Crippen LogP contribution in [0.3, 0.4) is 0 Å². The summed E-state index contributed by atoms with van der Waals surface area (Å²) in [5.41, 5.74) is 0.789. The molecule has 1 aromatic rings. The van der Waals surface area contributed by atoms with Crippen LogP contribution in [0.5, 0.6) is 0 Å². The molecule has 1 aliphatic rings. The van der Waals surface area contributed by atoms with E-state index in [1.807, 2.05) is 29.2 Å². The van der Waals surface area contributed by atoms with Gasteiger partial charge in [-0.1, -0.05) is 15.9 Å². The highest BCUT2D eigenvalue weighted by molar-refractivity contribution is 9.10. The van der Waals surface area contributed by atoms with Crippen molar-refractivity contribution in [3.05, 3.63) is 34.3 Å². The van der Waals surface area contributed by atoms with Crippen LogP contribution in [0.25, 0.3) is 0 Å². The number of rotatable bonds is 1. The van der Waals surface area contributed by atoms with Crippen molar-refractivity contribution in [3.8, 4) is 0 Å². The molecule has 2 nitrogen and oxygen atoms in total. The van der Waals surface area contributed by atoms with Crippen molar-refractivity contribution in [3.63, 3.8) is 0 Å². The zero-order chi connectivity index (χ0) is 11.5. The molecule has 2 rings (SSSR count). The lowest BCUT2D eigenvalue weighted by Gasteiger charge is -2.33. The molecule has 1 amide bonds. The molecule has 0 N–H and O–H groups in total. The third kappa shape index (κ3) is 2.46. The molecule has 0 bridgehead atoms. The van der Waals surface area contributed by atoms with Crippen molar-refractivity contribution >= 4 is 21.8 Å². The van der Waals surface area contributed by atoms with Gasteiger partial charge < -0.3 is 4.90 Å². The van der Waals surface area contributed by atoms with Crippen LogP contribution in [0.15, 0.2) is 28.7 Å². The smallest absolute Gasteiger partial charge is 0.254 e. The number of likely N-dealkylation sites (tertiary alicyclic amines) is 1. The standard InChI is InChI=1S/C13H16BrNO/c1-10-4-2-3-9-15(10)13(16)11-5-7-12(14)8-6-11/h5-8,10H,2-4,9H2,1H3. The number of carbonyl (C=O) groups excluding carboxylic acids is 1. The molecular weight excluding hydrogens is 266 g/mol. The molecule has 16 heavy (non-hydrogen) atoms. The highest BCUT2D eigenvalue weighted by Gasteiger charge is 2.23. The highest BCUT2D eigenvalue weighted by atomic mass is 79.9. The maximum Gasteiger partial charge on any atom is 0.254 e. The second-order valence-electron chi connectivity index (χ2n) is 4.35. The number of hydrogen-bond donors (Lipinski definition) is 0. The van der Waals surface area contributed by atoms with Crippen molar-refractivity contribution in [2.75, 3.05) is 6.54 Å². The average molecular weight is 282 g/mol. The van der Waals surface area contributed by atoms with Crippen LogP contribution in [0.1, 0.15) is 36.5 Å². The second kappa shape index (κ2) is 5.00. The lowest BCUT2D eigenvalue weighted by atomic mass is 10.0. The van der Waals surface area contributed by atoms with Crippen molar-refractivity contribution < 1.29 is 4.79 Å². The molecule has 1 fully saturated rings. The zero-order valence-electron chi connectivity index (χ0n) is 9.45. The van der Waals surface area contributed by atoms with E-state index in [9.17, 15) is 4.79 Å². The summed E-state index contributed by atoms with van der Waals surface area (Å²) in [5, 5.41) is 0. The number of benzene rings is 1. The number of amides is 1. The highest BCUT2D eigenvalue weighted by Crippen LogP contribution is 2.20. The van der Waals surface area contributed by atoms with Crippen LogP contribution in [0.4, 0.5) is 0 Å². The third-order valence-electron chi connectivity index (χ3n) is 3.16. The quantitative estimate of drug-likeness (QED) is 0.772. The van der Waals surface area contributed by atoms with Gasteiger partial charge in [0.1, 0.15) is 0 Å². The minimum absolute atomic E-state index is 0.166. The Morgan fingerprint density at radius 1 is 1.31 bits per heavy atom. The van der Waals surface area contributed by atoms with E-state index in [4.69, 9.17) is 0 Å². The molecule has 1 aliphatic heterocycles. The molecule has 3 heteroatoms. The Balaban J connectivity index is 2.14. The molecule has 0 radical (unpaired) electrons. The van der Waals surface area contributed by atoms with E-state index in [1.165, 1.54) is 6.42 Å². The molecule has 0 aromatic heterocycles. The minimum Gasteiger partial charge on any atom is -0.336 e. The fourth-order valence-electron chi connectivity index (χ4n) is 2.16. The fraction of sp³-hybridized carbons (Fsp3) is 0.462. The van der Waals surface area contributed by atoms with Crippen molar-refractivity contribution in [1.29, 1.82) is 0 Å². The van der Waals surface area contributed by atoms with E-state index < -0.39 is 0 Å². The first-order valence-electron chi connectivity index (χ1n) is 5.75. The predicted octanol–water partition coefficient (Wildman–Crippen LogP) is 3.46. The van der Waals surface area contributed by atoms with Gasteiger partial charge in [0.25, 0.3) is 5.91 Å². The second-order valence-corrected chi connectivity index (χ2v) is 5.27. The molecule has 1 saturated heterocycles. The molecule has 1 heterocycles. The van der Waals surface area contributed by atoms with E-state index >= 15 is 0 Å². The molecule has 1 unspecified atom stereocenters. The first-order valence-corrected chi connectivity index (χ1v) is 6.54. The number of carbonyl (C=O) groups is 1. The Morgan fingerprint density at radius 2 is 2.00 bits per heavy atom. The SMILES string of the molecule is CC1CCCCN1C(=O)c1ccc(Br)cc1. The van der Waals surface area contributed by atoms with E-state index in [1.54, 1.807) is 0 Å². The van der Waals surface area contributed by atoms with Gasteiger partial charge in [0.05, 0.1) is 0 Å². The summed E-state index contributed by atoms with van der Waals surface area (Å²) >= 11 is 3.38. The number of nitrogens with zero attached hydrogens (tertiary/aromatic N) is 1. The van der Waals surface area contributed by atoms with Gasteiger partial charge in [0, 0.05) is 22.6 Å². The topological polar surface area (TPSA) is 20.3 Å². The van der Waals surface area contributed by atoms with Gasteiger partial charge in [-0.2, -0.15) is 0 Å². The average Bonchev–Trinajstić information content (AvgIpc) is 2.30. The van der Waals surface area contributed by atoms with Gasteiger partial charge in [-0.3, -0.25) is 4.79 Å². The zero-order valence-corrected chi connectivity index (χ0v) is 11.0. The molecule has 0 spiro atoms.